The van der Waals surface area contributed by atoms with Crippen molar-refractivity contribution in [1.29, 1.82) is 0 Å². The molecule has 2 saturated heterocycles. The van der Waals surface area contributed by atoms with E-state index in [4.69, 9.17) is 40.5 Å². The van der Waals surface area contributed by atoms with Crippen molar-refractivity contribution in [3.8, 4) is 22.9 Å². The number of carbonyl (C=O) groups excluding carboxylic acids is 4. The van der Waals surface area contributed by atoms with Gasteiger partial charge < -0.3 is 23.8 Å². The highest BCUT2D eigenvalue weighted by Gasteiger charge is 2.59. The maximum atomic E-state index is 15.0. The summed E-state index contributed by atoms with van der Waals surface area (Å²) in [6.07, 6.45) is 4.85. The third-order valence-corrected chi connectivity index (χ3v) is 15.6. The van der Waals surface area contributed by atoms with Gasteiger partial charge in [0.25, 0.3) is 0 Å². The molecule has 0 bridgehead atoms. The van der Waals surface area contributed by atoms with Crippen molar-refractivity contribution >= 4 is 57.3 Å². The summed E-state index contributed by atoms with van der Waals surface area (Å²) in [5.41, 5.74) is 0.474. The predicted octanol–water partition coefficient (Wildman–Crippen LogP) is 8.63. The van der Waals surface area contributed by atoms with Crippen molar-refractivity contribution in [1.82, 2.24) is 19.8 Å². The van der Waals surface area contributed by atoms with Crippen LogP contribution in [0.5, 0.6) is 11.5 Å². The molecule has 342 valence electrons. The molecule has 5 aliphatic rings. The van der Waals surface area contributed by atoms with Crippen molar-refractivity contribution in [2.24, 2.45) is 40.4 Å². The summed E-state index contributed by atoms with van der Waals surface area (Å²) in [7, 11) is 0. The third kappa shape index (κ3) is 10.3. The van der Waals surface area contributed by atoms with Crippen LogP contribution in [-0.4, -0.2) is 107 Å². The Kier molecular flexibility index (Phi) is 13.6. The lowest BCUT2D eigenvalue weighted by atomic mass is 9.77. The number of rotatable bonds is 18. The van der Waals surface area contributed by atoms with Crippen molar-refractivity contribution in [2.45, 2.75) is 125 Å². The van der Waals surface area contributed by atoms with Crippen LogP contribution in [0.4, 0.5) is 0 Å². The molecule has 3 aliphatic carbocycles. The lowest BCUT2D eigenvalue weighted by molar-refractivity contribution is -0.156. The average molecular weight is 906 g/mol. The fraction of sp³-hybridized carbons (Fsp3) is 0.673. The molecule has 8 atom stereocenters. The molecule has 0 radical (unpaired) electrons. The van der Waals surface area contributed by atoms with Gasteiger partial charge in [-0.1, -0.05) is 59.6 Å². The molecule has 3 aromatic rings. The number of Topliss-reactive ketones (excluding diaryl/α,β-unsaturated/α-hetero) is 2. The molecule has 0 spiro atoms. The molecule has 5 fully saturated rings. The topological polar surface area (TPSA) is 137 Å². The number of likely N-dealkylation sites (tertiary alicyclic amines) is 1. The van der Waals surface area contributed by atoms with E-state index >= 15 is 0 Å². The zero-order valence-electron chi connectivity index (χ0n) is 38.1. The van der Waals surface area contributed by atoms with E-state index in [9.17, 15) is 19.2 Å². The van der Waals surface area contributed by atoms with Crippen LogP contribution in [0.25, 0.3) is 22.3 Å². The lowest BCUT2D eigenvalue weighted by Gasteiger charge is -2.35. The van der Waals surface area contributed by atoms with E-state index in [0.29, 0.717) is 82.8 Å². The molecule has 3 saturated carbocycles. The molecular formula is C49H65ClN4O8S. The van der Waals surface area contributed by atoms with Crippen LogP contribution in [-0.2, 0) is 35.1 Å². The fourth-order valence-electron chi connectivity index (χ4n) is 10.4. The second-order valence-electron chi connectivity index (χ2n) is 20.4. The molecule has 63 heavy (non-hydrogen) atoms. The number of aromatic nitrogens is 2. The zero-order chi connectivity index (χ0) is 44.8. The first kappa shape index (κ1) is 45.9. The Balaban J connectivity index is 1.09. The molecule has 1 amide bonds. The quantitative estimate of drug-likeness (QED) is 0.114. The number of pyridine rings is 1. The monoisotopic (exact) mass is 904 g/mol. The Morgan fingerprint density at radius 3 is 2.41 bits per heavy atom. The van der Waals surface area contributed by atoms with Gasteiger partial charge in [-0.3, -0.25) is 24.1 Å². The Morgan fingerprint density at radius 2 is 1.75 bits per heavy atom. The molecule has 12 nitrogen and oxygen atoms in total. The summed E-state index contributed by atoms with van der Waals surface area (Å²) in [5.74, 6) is 1.37. The number of benzene rings is 1. The maximum Gasteiger partial charge on any atom is 0.306 e. The molecule has 0 N–H and O–H groups in total. The standard InChI is InChI=1S/C49H65ClN4O8S/c1-8-32-24-49(32,29(4)55)25-40(56)39-21-34(26-54(39)47(58)36(48(5,6)7)22-44(57)62-33-19-30-18-31(30)20-33)61-42-23-37(38-27-63-43(51-38)17-28(2)3)52-46-35(42)9-10-41(45(46)50)60-16-13-53-11-14-59-15-12-53/h9-10,23,27-28,30-34,36,39H,8,11-22,24-26H2,1-7H3/t30-,31+,32-,33?,34+,36+,39-,49-/m0/s1. The summed E-state index contributed by atoms with van der Waals surface area (Å²) in [4.78, 5) is 70.0. The fourth-order valence-corrected chi connectivity index (χ4v) is 11.6. The summed E-state index contributed by atoms with van der Waals surface area (Å²) in [6, 6.07) is 4.77. The van der Waals surface area contributed by atoms with Crippen LogP contribution in [0, 0.1) is 40.4 Å². The zero-order valence-corrected chi connectivity index (χ0v) is 39.7. The van der Waals surface area contributed by atoms with Crippen LogP contribution in [0.15, 0.2) is 23.6 Å². The van der Waals surface area contributed by atoms with Crippen molar-refractivity contribution in [3.05, 3.63) is 33.6 Å². The van der Waals surface area contributed by atoms with Crippen LogP contribution in [0.2, 0.25) is 5.02 Å². The number of amides is 1. The minimum absolute atomic E-state index is 0.0157. The van der Waals surface area contributed by atoms with Crippen molar-refractivity contribution < 1.29 is 38.1 Å². The molecule has 2 aromatic heterocycles. The molecule has 14 heteroatoms. The SMILES string of the molecule is CC[C@H]1C[C@]1(CC(=O)[C@@H]1C[C@@H](Oc2cc(-c3csc(CC(C)C)n3)nc3c(Cl)c(OCCN4CCOCC4)ccc23)CN1C(=O)[C@@H](CC(=O)OC1C[C@@H]2C[C@@H]2C1)C(C)(C)C)C(C)=O. The van der Waals surface area contributed by atoms with Gasteiger partial charge in [-0.15, -0.1) is 11.3 Å². The number of carbonyl (C=O) groups is 4. The Bertz CT molecular complexity index is 2190. The molecule has 2 aliphatic heterocycles. The van der Waals surface area contributed by atoms with Gasteiger partial charge in [0.2, 0.25) is 5.91 Å². The lowest BCUT2D eigenvalue weighted by Crippen LogP contribution is -2.48. The Labute approximate surface area is 381 Å². The van der Waals surface area contributed by atoms with E-state index in [1.54, 1.807) is 23.2 Å². The number of ether oxygens (including phenoxy) is 4. The highest BCUT2D eigenvalue weighted by atomic mass is 35.5. The number of fused-ring (bicyclic) bond motifs is 2. The van der Waals surface area contributed by atoms with Crippen molar-refractivity contribution in [2.75, 3.05) is 46.0 Å². The Hall–Kier alpha value is -3.65. The smallest absolute Gasteiger partial charge is 0.306 e. The van der Waals surface area contributed by atoms with Crippen molar-refractivity contribution in [3.63, 3.8) is 0 Å². The van der Waals surface area contributed by atoms with Gasteiger partial charge >= 0.3 is 5.97 Å². The minimum Gasteiger partial charge on any atom is -0.491 e. The van der Waals surface area contributed by atoms with Gasteiger partial charge in [0.1, 0.15) is 41.1 Å². The molecule has 4 heterocycles. The van der Waals surface area contributed by atoms with E-state index in [-0.39, 0.29) is 61.3 Å². The van der Waals surface area contributed by atoms with Crippen LogP contribution < -0.4 is 9.47 Å². The first-order valence-corrected chi connectivity index (χ1v) is 24.5. The van der Waals surface area contributed by atoms with E-state index in [2.05, 4.69) is 18.7 Å². The second-order valence-corrected chi connectivity index (χ2v) is 21.7. The summed E-state index contributed by atoms with van der Waals surface area (Å²) in [6.45, 7) is 18.2. The number of esters is 1. The van der Waals surface area contributed by atoms with E-state index < -0.39 is 28.9 Å². The van der Waals surface area contributed by atoms with Gasteiger partial charge in [-0.25, -0.2) is 9.97 Å². The number of halogens is 1. The van der Waals surface area contributed by atoms with Crippen LogP contribution in [0.1, 0.15) is 105 Å². The molecule has 1 unspecified atom stereocenters. The number of ketones is 2. The van der Waals surface area contributed by atoms with E-state index in [1.165, 1.54) is 6.42 Å². The molecule has 1 aromatic carbocycles. The van der Waals surface area contributed by atoms with Gasteiger partial charge in [0.15, 0.2) is 5.78 Å². The molecule has 8 rings (SSSR count). The van der Waals surface area contributed by atoms with Gasteiger partial charge in [-0.05, 0) is 73.8 Å². The number of hydrogen-bond donors (Lipinski definition) is 0. The maximum absolute atomic E-state index is 15.0. The number of thiazole rings is 1. The highest BCUT2D eigenvalue weighted by molar-refractivity contribution is 7.09. The number of nitrogens with zero attached hydrogens (tertiary/aromatic N) is 4. The Morgan fingerprint density at radius 1 is 1.00 bits per heavy atom. The number of hydrogen-bond acceptors (Lipinski definition) is 12. The van der Waals surface area contributed by atoms with Gasteiger partial charge in [-0.2, -0.15) is 0 Å². The summed E-state index contributed by atoms with van der Waals surface area (Å²) < 4.78 is 24.6. The van der Waals surface area contributed by atoms with E-state index in [0.717, 1.165) is 50.3 Å². The first-order chi connectivity index (χ1) is 30.0. The summed E-state index contributed by atoms with van der Waals surface area (Å²) >= 11 is 8.74. The summed E-state index contributed by atoms with van der Waals surface area (Å²) in [5, 5.41) is 4.02. The van der Waals surface area contributed by atoms with Gasteiger partial charge in [0, 0.05) is 61.1 Å². The third-order valence-electron chi connectivity index (χ3n) is 14.4. The largest absolute Gasteiger partial charge is 0.491 e. The van der Waals surface area contributed by atoms with Crippen LogP contribution in [0.3, 0.4) is 0 Å². The van der Waals surface area contributed by atoms with Crippen LogP contribution >= 0.6 is 22.9 Å². The predicted molar refractivity (Wildman–Crippen MR) is 243 cm³/mol. The first-order valence-electron chi connectivity index (χ1n) is 23.2. The normalized spacial score (nSPS) is 27.3. The van der Waals surface area contributed by atoms with E-state index in [1.807, 2.05) is 51.3 Å². The second kappa shape index (κ2) is 18.7. The average Bonchev–Trinajstić information content (AvgIpc) is 3.91. The minimum atomic E-state index is -0.834. The number of morpholine rings is 1. The molecular weight excluding hydrogens is 840 g/mol. The highest BCUT2D eigenvalue weighted by Crippen LogP contribution is 2.58. The van der Waals surface area contributed by atoms with Gasteiger partial charge in [0.05, 0.1) is 60.1 Å².